The van der Waals surface area contributed by atoms with Crippen molar-refractivity contribution < 1.29 is 0 Å². The van der Waals surface area contributed by atoms with E-state index in [1.165, 1.54) is 127 Å². The van der Waals surface area contributed by atoms with Gasteiger partial charge in [-0.05, 0) is 47.9 Å². The molecule has 0 amide bonds. The highest BCUT2D eigenvalue weighted by Gasteiger charge is 2.10. The lowest BCUT2D eigenvalue weighted by molar-refractivity contribution is 0.571. The summed E-state index contributed by atoms with van der Waals surface area (Å²) in [5.41, 5.74) is 6.11. The molecule has 0 atom stereocenters. The van der Waals surface area contributed by atoms with Gasteiger partial charge in [0.15, 0.2) is 0 Å². The van der Waals surface area contributed by atoms with Gasteiger partial charge in [-0.1, -0.05) is 152 Å². The fourth-order valence-corrected chi connectivity index (χ4v) is 4.94. The smallest absolute Gasteiger partial charge is 0.0149 e. The van der Waals surface area contributed by atoms with Gasteiger partial charge in [0.05, 0.1) is 0 Å². The van der Waals surface area contributed by atoms with Crippen LogP contribution in [0.5, 0.6) is 0 Å². The molecule has 0 aliphatic rings. The van der Waals surface area contributed by atoms with Crippen LogP contribution in [0.4, 0.5) is 0 Å². The number of hydrogen-bond donors (Lipinski definition) is 0. The molecule has 0 spiro atoms. The first-order valence-corrected chi connectivity index (χ1v) is 14.0. The predicted octanol–water partition coefficient (Wildman–Crippen LogP) is 10.7. The molecule has 2 aromatic rings. The maximum absolute atomic E-state index is 2.41. The van der Waals surface area contributed by atoms with Crippen LogP contribution < -0.4 is 0 Å². The number of aryl methyl sites for hydroxylation is 1. The molecule has 2 aromatic carbocycles. The van der Waals surface area contributed by atoms with Crippen LogP contribution in [0.3, 0.4) is 0 Å². The van der Waals surface area contributed by atoms with E-state index in [9.17, 15) is 0 Å². The lowest BCUT2D eigenvalue weighted by Crippen LogP contribution is -1.99. The molecule has 0 saturated carbocycles. The summed E-state index contributed by atoms with van der Waals surface area (Å²) in [6.07, 6.45) is 24.8. The Hall–Kier alpha value is -1.56. The average Bonchev–Trinajstić information content (AvgIpc) is 2.83. The Morgan fingerprint density at radius 3 is 1.50 bits per heavy atom. The molecular formula is C32H50. The normalized spacial score (nSPS) is 11.2. The Morgan fingerprint density at radius 1 is 0.438 bits per heavy atom. The molecule has 0 radical (unpaired) electrons. The number of unbranched alkanes of at least 4 members (excludes halogenated alkanes) is 14. The van der Waals surface area contributed by atoms with E-state index in [0.29, 0.717) is 0 Å². The van der Waals surface area contributed by atoms with E-state index in [4.69, 9.17) is 0 Å². The van der Waals surface area contributed by atoms with Crippen LogP contribution in [-0.2, 0) is 12.8 Å². The van der Waals surface area contributed by atoms with Crippen molar-refractivity contribution >= 4 is 0 Å². The third-order valence-corrected chi connectivity index (χ3v) is 6.94. The standard InChI is InChI=1S/C32H50/c1-3-5-7-9-11-13-15-18-23-30-26-22-28-32(29-24-19-17-20-25-29)31(30)27-21-16-14-12-10-8-6-4-2/h17,19-20,22,24-26,28H,3-16,18,21,23,27H2,1-2H3. The van der Waals surface area contributed by atoms with E-state index in [2.05, 4.69) is 62.4 Å². The summed E-state index contributed by atoms with van der Waals surface area (Å²) < 4.78 is 0. The summed E-state index contributed by atoms with van der Waals surface area (Å²) in [5.74, 6) is 0. The molecule has 0 fully saturated rings. The highest BCUT2D eigenvalue weighted by Crippen LogP contribution is 2.29. The molecule has 0 aromatic heterocycles. The summed E-state index contributed by atoms with van der Waals surface area (Å²) in [5, 5.41) is 0. The van der Waals surface area contributed by atoms with Gasteiger partial charge >= 0.3 is 0 Å². The zero-order valence-corrected chi connectivity index (χ0v) is 21.3. The van der Waals surface area contributed by atoms with Crippen LogP contribution in [-0.4, -0.2) is 0 Å². The first-order chi connectivity index (χ1) is 15.9. The zero-order valence-electron chi connectivity index (χ0n) is 21.3. The lowest BCUT2D eigenvalue weighted by Gasteiger charge is -2.16. The van der Waals surface area contributed by atoms with Gasteiger partial charge in [0.25, 0.3) is 0 Å². The second-order valence-electron chi connectivity index (χ2n) is 9.76. The molecular weight excluding hydrogens is 384 g/mol. The Balaban J connectivity index is 1.87. The van der Waals surface area contributed by atoms with Crippen LogP contribution in [0.25, 0.3) is 11.1 Å². The van der Waals surface area contributed by atoms with Crippen molar-refractivity contribution in [2.75, 3.05) is 0 Å². The topological polar surface area (TPSA) is 0 Å². The minimum atomic E-state index is 1.24. The van der Waals surface area contributed by atoms with Gasteiger partial charge in [0.2, 0.25) is 0 Å². The molecule has 0 nitrogen and oxygen atoms in total. The monoisotopic (exact) mass is 434 g/mol. The fraction of sp³-hybridized carbons (Fsp3) is 0.625. The van der Waals surface area contributed by atoms with E-state index in [1.54, 1.807) is 11.1 Å². The van der Waals surface area contributed by atoms with Gasteiger partial charge in [-0.2, -0.15) is 0 Å². The summed E-state index contributed by atoms with van der Waals surface area (Å²) in [7, 11) is 0. The SMILES string of the molecule is CCCCCCCCCCc1cccc(-c2ccccc2)c1CCCCCCCCCC. The van der Waals surface area contributed by atoms with Crippen molar-refractivity contribution in [1.29, 1.82) is 0 Å². The molecule has 0 saturated heterocycles. The van der Waals surface area contributed by atoms with Crippen molar-refractivity contribution in [1.82, 2.24) is 0 Å². The molecule has 0 aliphatic heterocycles. The number of hydrogen-bond acceptors (Lipinski definition) is 0. The summed E-state index contributed by atoms with van der Waals surface area (Å²) in [6, 6.07) is 18.1. The van der Waals surface area contributed by atoms with Gasteiger partial charge in [-0.25, -0.2) is 0 Å². The Bertz CT molecular complexity index is 684. The quantitative estimate of drug-likeness (QED) is 0.193. The Kier molecular flexibility index (Phi) is 15.0. The summed E-state index contributed by atoms with van der Waals surface area (Å²) >= 11 is 0. The Morgan fingerprint density at radius 2 is 0.938 bits per heavy atom. The van der Waals surface area contributed by atoms with Crippen molar-refractivity contribution in [2.45, 2.75) is 129 Å². The Labute approximate surface area is 200 Å². The van der Waals surface area contributed by atoms with Crippen LogP contribution in [0.15, 0.2) is 48.5 Å². The third-order valence-electron chi connectivity index (χ3n) is 6.94. The molecule has 0 heteroatoms. The molecule has 178 valence electrons. The summed E-state index contributed by atoms with van der Waals surface area (Å²) in [4.78, 5) is 0. The minimum Gasteiger partial charge on any atom is -0.0654 e. The van der Waals surface area contributed by atoms with Gasteiger partial charge < -0.3 is 0 Å². The molecule has 0 N–H and O–H groups in total. The molecule has 2 rings (SSSR count). The molecule has 0 aliphatic carbocycles. The van der Waals surface area contributed by atoms with Crippen molar-refractivity contribution in [2.24, 2.45) is 0 Å². The largest absolute Gasteiger partial charge is 0.0654 e. The third kappa shape index (κ3) is 10.8. The molecule has 0 unspecified atom stereocenters. The van der Waals surface area contributed by atoms with Crippen molar-refractivity contribution in [3.05, 3.63) is 59.7 Å². The second kappa shape index (κ2) is 17.9. The van der Waals surface area contributed by atoms with E-state index in [-0.39, 0.29) is 0 Å². The maximum Gasteiger partial charge on any atom is -0.0149 e. The van der Waals surface area contributed by atoms with Crippen molar-refractivity contribution in [3.63, 3.8) is 0 Å². The van der Waals surface area contributed by atoms with E-state index < -0.39 is 0 Å². The molecule has 32 heavy (non-hydrogen) atoms. The number of rotatable bonds is 19. The van der Waals surface area contributed by atoms with E-state index >= 15 is 0 Å². The average molecular weight is 435 g/mol. The van der Waals surface area contributed by atoms with Crippen molar-refractivity contribution in [3.8, 4) is 11.1 Å². The highest BCUT2D eigenvalue weighted by atomic mass is 14.1. The van der Waals surface area contributed by atoms with Crippen LogP contribution in [0.2, 0.25) is 0 Å². The first-order valence-electron chi connectivity index (χ1n) is 14.0. The summed E-state index contributed by atoms with van der Waals surface area (Å²) in [6.45, 7) is 4.60. The highest BCUT2D eigenvalue weighted by molar-refractivity contribution is 5.68. The van der Waals surface area contributed by atoms with Gasteiger partial charge in [-0.3, -0.25) is 0 Å². The first kappa shape index (κ1) is 26.7. The molecule has 0 bridgehead atoms. The minimum absolute atomic E-state index is 1.24. The van der Waals surface area contributed by atoms with E-state index in [0.717, 1.165) is 0 Å². The second-order valence-corrected chi connectivity index (χ2v) is 9.76. The van der Waals surface area contributed by atoms with Gasteiger partial charge in [-0.15, -0.1) is 0 Å². The van der Waals surface area contributed by atoms with Crippen LogP contribution in [0, 0.1) is 0 Å². The van der Waals surface area contributed by atoms with Crippen LogP contribution >= 0.6 is 0 Å². The maximum atomic E-state index is 2.41. The van der Waals surface area contributed by atoms with Crippen LogP contribution in [0.1, 0.15) is 128 Å². The fourth-order valence-electron chi connectivity index (χ4n) is 4.94. The molecule has 0 heterocycles. The van der Waals surface area contributed by atoms with E-state index in [1.807, 2.05) is 0 Å². The zero-order chi connectivity index (χ0) is 22.7. The van der Waals surface area contributed by atoms with Gasteiger partial charge in [0, 0.05) is 0 Å². The predicted molar refractivity (Wildman–Crippen MR) is 145 cm³/mol. The van der Waals surface area contributed by atoms with Gasteiger partial charge in [0.1, 0.15) is 0 Å². The number of benzene rings is 2. The lowest BCUT2D eigenvalue weighted by atomic mass is 9.89.